The molecule has 4 heteroatoms. The third-order valence-corrected chi connectivity index (χ3v) is 4.95. The predicted octanol–water partition coefficient (Wildman–Crippen LogP) is 4.49. The van der Waals surface area contributed by atoms with Crippen LogP contribution in [0.5, 0.6) is 0 Å². The molecule has 0 saturated heterocycles. The lowest BCUT2D eigenvalue weighted by atomic mass is 10.1. The minimum Gasteiger partial charge on any atom is -0.306 e. The van der Waals surface area contributed by atoms with Gasteiger partial charge in [0.2, 0.25) is 0 Å². The van der Waals surface area contributed by atoms with Crippen molar-refractivity contribution >= 4 is 11.8 Å². The second-order valence-electron chi connectivity index (χ2n) is 5.52. The van der Waals surface area contributed by atoms with Gasteiger partial charge >= 0.3 is 0 Å². The molecule has 1 aromatic heterocycles. The maximum atomic E-state index is 4.41. The van der Waals surface area contributed by atoms with Crippen LogP contribution in [0.15, 0.2) is 59.8 Å². The average Bonchev–Trinajstić information content (AvgIpc) is 2.96. The zero-order valence-corrected chi connectivity index (χ0v) is 14.4. The molecule has 3 rings (SSSR count). The minimum atomic E-state index is 0.826. The molecular weight excluding hydrogens is 302 g/mol. The Morgan fingerprint density at radius 2 is 1.70 bits per heavy atom. The van der Waals surface area contributed by atoms with Gasteiger partial charge < -0.3 is 4.57 Å². The van der Waals surface area contributed by atoms with Crippen molar-refractivity contribution in [1.82, 2.24) is 14.8 Å². The van der Waals surface area contributed by atoms with Gasteiger partial charge in [-0.15, -0.1) is 10.2 Å². The van der Waals surface area contributed by atoms with Gasteiger partial charge in [0.1, 0.15) is 5.82 Å². The number of aromatic nitrogens is 3. The highest BCUT2D eigenvalue weighted by atomic mass is 32.2. The van der Waals surface area contributed by atoms with Crippen LogP contribution in [0.1, 0.15) is 29.4 Å². The zero-order chi connectivity index (χ0) is 16.1. The molecule has 0 fully saturated rings. The zero-order valence-electron chi connectivity index (χ0n) is 13.6. The molecule has 0 radical (unpaired) electrons. The van der Waals surface area contributed by atoms with E-state index in [1.807, 2.05) is 6.07 Å². The van der Waals surface area contributed by atoms with E-state index in [1.54, 1.807) is 11.8 Å². The van der Waals surface area contributed by atoms with Crippen molar-refractivity contribution in [2.24, 2.45) is 0 Å². The Morgan fingerprint density at radius 3 is 2.43 bits per heavy atom. The van der Waals surface area contributed by atoms with Gasteiger partial charge in [-0.2, -0.15) is 0 Å². The number of aryl methyl sites for hydroxylation is 1. The first-order chi connectivity index (χ1) is 11.3. The summed E-state index contributed by atoms with van der Waals surface area (Å²) < 4.78 is 2.22. The van der Waals surface area contributed by atoms with Crippen LogP contribution < -0.4 is 0 Å². The van der Waals surface area contributed by atoms with E-state index in [0.717, 1.165) is 29.7 Å². The smallest absolute Gasteiger partial charge is 0.191 e. The molecule has 0 saturated carbocycles. The van der Waals surface area contributed by atoms with Crippen LogP contribution in [0.25, 0.3) is 0 Å². The molecule has 118 valence electrons. The van der Waals surface area contributed by atoms with E-state index < -0.39 is 0 Å². The Labute approximate surface area is 141 Å². The summed E-state index contributed by atoms with van der Waals surface area (Å²) in [6, 6.07) is 18.9. The number of thioether (sulfide) groups is 1. The Bertz CT molecular complexity index is 765. The maximum Gasteiger partial charge on any atom is 0.191 e. The molecule has 0 aliphatic heterocycles. The van der Waals surface area contributed by atoms with Crippen LogP contribution in [0, 0.1) is 6.92 Å². The largest absolute Gasteiger partial charge is 0.306 e. The number of benzene rings is 2. The molecule has 0 spiro atoms. The van der Waals surface area contributed by atoms with E-state index in [0.29, 0.717) is 0 Å². The van der Waals surface area contributed by atoms with Gasteiger partial charge in [-0.05, 0) is 30.5 Å². The van der Waals surface area contributed by atoms with Gasteiger partial charge in [-0.1, -0.05) is 66.4 Å². The summed E-state index contributed by atoms with van der Waals surface area (Å²) in [5, 5.41) is 9.81. The summed E-state index contributed by atoms with van der Waals surface area (Å²) in [6.07, 6.45) is 0.826. The predicted molar refractivity (Wildman–Crippen MR) is 95.7 cm³/mol. The highest BCUT2D eigenvalue weighted by Crippen LogP contribution is 2.24. The summed E-state index contributed by atoms with van der Waals surface area (Å²) in [5.74, 6) is 1.96. The quantitative estimate of drug-likeness (QED) is 0.626. The third kappa shape index (κ3) is 3.82. The van der Waals surface area contributed by atoms with E-state index in [4.69, 9.17) is 0 Å². The second-order valence-corrected chi connectivity index (χ2v) is 6.46. The van der Waals surface area contributed by atoms with Gasteiger partial charge in [0, 0.05) is 18.7 Å². The van der Waals surface area contributed by atoms with Crippen LogP contribution in [0.4, 0.5) is 0 Å². The summed E-state index contributed by atoms with van der Waals surface area (Å²) in [7, 11) is 0. The van der Waals surface area contributed by atoms with Gasteiger partial charge in [0.25, 0.3) is 0 Å². The first-order valence-corrected chi connectivity index (χ1v) is 8.89. The molecular formula is C19H21N3S. The number of hydrogen-bond acceptors (Lipinski definition) is 3. The lowest BCUT2D eigenvalue weighted by Gasteiger charge is -2.08. The molecule has 0 atom stereocenters. The number of hydrogen-bond donors (Lipinski definition) is 0. The highest BCUT2D eigenvalue weighted by molar-refractivity contribution is 7.98. The van der Waals surface area contributed by atoms with Gasteiger partial charge in [-0.3, -0.25) is 0 Å². The van der Waals surface area contributed by atoms with Crippen LogP contribution in [-0.2, 0) is 18.7 Å². The average molecular weight is 323 g/mol. The lowest BCUT2D eigenvalue weighted by molar-refractivity contribution is 0.651. The Morgan fingerprint density at radius 1 is 0.957 bits per heavy atom. The summed E-state index contributed by atoms with van der Waals surface area (Å²) in [4.78, 5) is 0. The van der Waals surface area contributed by atoms with E-state index in [9.17, 15) is 0 Å². The van der Waals surface area contributed by atoms with Crippen molar-refractivity contribution in [2.45, 2.75) is 37.7 Å². The molecule has 3 aromatic rings. The topological polar surface area (TPSA) is 30.7 Å². The van der Waals surface area contributed by atoms with E-state index >= 15 is 0 Å². The van der Waals surface area contributed by atoms with Crippen LogP contribution in [0.2, 0.25) is 0 Å². The van der Waals surface area contributed by atoms with E-state index in [2.05, 4.69) is 77.1 Å². The molecule has 0 bridgehead atoms. The first kappa shape index (κ1) is 15.8. The summed E-state index contributed by atoms with van der Waals surface area (Å²) >= 11 is 1.76. The number of nitrogens with zero attached hydrogens (tertiary/aromatic N) is 3. The van der Waals surface area contributed by atoms with Crippen molar-refractivity contribution in [3.05, 3.63) is 77.1 Å². The van der Waals surface area contributed by atoms with Gasteiger partial charge in [-0.25, -0.2) is 0 Å². The van der Waals surface area contributed by atoms with Crippen LogP contribution in [-0.4, -0.2) is 14.8 Å². The molecule has 23 heavy (non-hydrogen) atoms. The van der Waals surface area contributed by atoms with Crippen molar-refractivity contribution in [3.63, 3.8) is 0 Å². The second kappa shape index (κ2) is 7.47. The summed E-state index contributed by atoms with van der Waals surface area (Å²) in [5.41, 5.74) is 3.95. The van der Waals surface area contributed by atoms with Gasteiger partial charge in [0.05, 0.1) is 0 Å². The SMILES string of the molecule is CCn1c(Cc2ccccc2)nnc1SCc1ccccc1C. The Kier molecular flexibility index (Phi) is 5.13. The monoisotopic (exact) mass is 323 g/mol. The fourth-order valence-electron chi connectivity index (χ4n) is 2.57. The molecule has 2 aromatic carbocycles. The Balaban J connectivity index is 1.74. The first-order valence-electron chi connectivity index (χ1n) is 7.91. The molecule has 3 nitrogen and oxygen atoms in total. The third-order valence-electron chi connectivity index (χ3n) is 3.93. The van der Waals surface area contributed by atoms with Crippen molar-refractivity contribution in [3.8, 4) is 0 Å². The standard InChI is InChI=1S/C19H21N3S/c1-3-22-18(13-16-10-5-4-6-11-16)20-21-19(22)23-14-17-12-8-7-9-15(17)2/h4-12H,3,13-14H2,1-2H3. The number of rotatable bonds is 6. The van der Waals surface area contributed by atoms with E-state index in [-0.39, 0.29) is 0 Å². The molecule has 1 heterocycles. The van der Waals surface area contributed by atoms with Crippen molar-refractivity contribution in [1.29, 1.82) is 0 Å². The minimum absolute atomic E-state index is 0.826. The fourth-order valence-corrected chi connectivity index (χ4v) is 3.66. The van der Waals surface area contributed by atoms with Crippen LogP contribution >= 0.6 is 11.8 Å². The maximum absolute atomic E-state index is 4.41. The van der Waals surface area contributed by atoms with Gasteiger partial charge in [0.15, 0.2) is 5.16 Å². The fraction of sp³-hybridized carbons (Fsp3) is 0.263. The molecule has 0 amide bonds. The normalized spacial score (nSPS) is 10.9. The van der Waals surface area contributed by atoms with Crippen molar-refractivity contribution in [2.75, 3.05) is 0 Å². The van der Waals surface area contributed by atoms with Crippen molar-refractivity contribution < 1.29 is 0 Å². The molecule has 0 unspecified atom stereocenters. The molecule has 0 aliphatic carbocycles. The molecule has 0 aliphatic rings. The lowest BCUT2D eigenvalue weighted by Crippen LogP contribution is -2.04. The highest BCUT2D eigenvalue weighted by Gasteiger charge is 2.12. The summed E-state index contributed by atoms with van der Waals surface area (Å²) in [6.45, 7) is 5.20. The van der Waals surface area contributed by atoms with E-state index in [1.165, 1.54) is 16.7 Å². The Hall–Kier alpha value is -2.07. The van der Waals surface area contributed by atoms with Crippen LogP contribution in [0.3, 0.4) is 0 Å². The molecule has 0 N–H and O–H groups in total.